The van der Waals surface area contributed by atoms with Gasteiger partial charge in [0, 0.05) is 57.9 Å². The Balaban J connectivity index is 1.76. The summed E-state index contributed by atoms with van der Waals surface area (Å²) in [6, 6.07) is 1.56. The number of carbonyl (C=O) groups is 2. The summed E-state index contributed by atoms with van der Waals surface area (Å²) in [6.07, 6.45) is -8.90. The fraction of sp³-hybridized carbons (Fsp3) is 0.872. The maximum atomic E-state index is 14.4. The van der Waals surface area contributed by atoms with E-state index in [2.05, 4.69) is 5.32 Å². The van der Waals surface area contributed by atoms with Gasteiger partial charge in [-0.05, 0) is 107 Å². The van der Waals surface area contributed by atoms with E-state index >= 15 is 0 Å². The number of aliphatic hydroxyl groups is 6. The van der Waals surface area contributed by atoms with E-state index in [1.54, 1.807) is 92.4 Å². The number of amides is 1. The summed E-state index contributed by atoms with van der Waals surface area (Å²) in [6.45, 7) is 19.4. The molecule has 0 aromatic carbocycles. The first-order valence-corrected chi connectivity index (χ1v) is 23.5. The molecule has 3 fully saturated rings. The quantitative estimate of drug-likeness (QED) is 0.148. The van der Waals surface area contributed by atoms with E-state index in [-0.39, 0.29) is 37.6 Å². The Kier molecular flexibility index (Phi) is 19.1. The second kappa shape index (κ2) is 22.4. The SMILES string of the molecule is CC[C@H]1OC(=O)[C@H](C)[C@@H](O[C@H]2C[C@@](C)(OC)[C@@H](O)[C@H](C)O2)[C@H](C)[C@@H](O[C@@H]2O[C@H](C)C[C@H](N(C)C[C@H](NC(=O)c3cccn3C)[C@H](C)O)[C@H]2O)[C@](C)(O)C[C@@H](C)CN(C)[C@H](C)[C@@H](O)[C@]1(C)O. The van der Waals surface area contributed by atoms with Crippen molar-refractivity contribution in [3.05, 3.63) is 24.0 Å². The monoisotopic (exact) mass is 929 g/mol. The summed E-state index contributed by atoms with van der Waals surface area (Å²) in [5.74, 6) is -3.26. The summed E-state index contributed by atoms with van der Waals surface area (Å²) in [7, 11) is 6.86. The van der Waals surface area contributed by atoms with Gasteiger partial charge in [-0.15, -0.1) is 0 Å². The molecule has 0 aliphatic carbocycles. The zero-order valence-corrected chi connectivity index (χ0v) is 41.6. The third kappa shape index (κ3) is 12.9. The van der Waals surface area contributed by atoms with E-state index in [1.165, 1.54) is 14.0 Å². The molecular formula is C47H84N4O14. The number of hydrogen-bond donors (Lipinski definition) is 7. The minimum Gasteiger partial charge on any atom is -0.459 e. The highest BCUT2D eigenvalue weighted by atomic mass is 16.7. The molecule has 376 valence electrons. The predicted octanol–water partition coefficient (Wildman–Crippen LogP) is 1.79. The lowest BCUT2D eigenvalue weighted by Gasteiger charge is -2.49. The molecule has 0 bridgehead atoms. The van der Waals surface area contributed by atoms with Gasteiger partial charge in [0.2, 0.25) is 0 Å². The molecule has 1 amide bonds. The van der Waals surface area contributed by atoms with Crippen LogP contribution in [-0.4, -0.2) is 194 Å². The van der Waals surface area contributed by atoms with Gasteiger partial charge >= 0.3 is 5.97 Å². The molecule has 1 aromatic heterocycles. The minimum atomic E-state index is -1.85. The molecule has 3 saturated heterocycles. The van der Waals surface area contributed by atoms with Gasteiger partial charge in [-0.1, -0.05) is 20.8 Å². The van der Waals surface area contributed by atoms with Gasteiger partial charge < -0.3 is 73.8 Å². The van der Waals surface area contributed by atoms with Crippen LogP contribution in [0.1, 0.15) is 112 Å². The number of rotatable bonds is 12. The first-order valence-electron chi connectivity index (χ1n) is 23.5. The number of likely N-dealkylation sites (N-methyl/N-ethyl adjacent to an activating group) is 2. The van der Waals surface area contributed by atoms with Crippen molar-refractivity contribution in [2.24, 2.45) is 24.8 Å². The molecule has 4 rings (SSSR count). The molecule has 3 aliphatic rings. The number of aliphatic hydroxyl groups excluding tert-OH is 4. The van der Waals surface area contributed by atoms with Crippen LogP contribution in [0.3, 0.4) is 0 Å². The van der Waals surface area contributed by atoms with E-state index in [0.29, 0.717) is 18.7 Å². The zero-order chi connectivity index (χ0) is 49.1. The van der Waals surface area contributed by atoms with Gasteiger partial charge in [0.05, 0.1) is 53.7 Å². The van der Waals surface area contributed by atoms with Crippen molar-refractivity contribution >= 4 is 11.9 Å². The summed E-state index contributed by atoms with van der Waals surface area (Å²) >= 11 is 0. The predicted molar refractivity (Wildman–Crippen MR) is 241 cm³/mol. The highest BCUT2D eigenvalue weighted by Gasteiger charge is 2.53. The van der Waals surface area contributed by atoms with Gasteiger partial charge in [-0.25, -0.2) is 0 Å². The van der Waals surface area contributed by atoms with Crippen molar-refractivity contribution in [1.29, 1.82) is 0 Å². The number of nitrogens with one attached hydrogen (secondary N) is 1. The maximum absolute atomic E-state index is 14.4. The topological polar surface area (TPSA) is 234 Å². The molecular weight excluding hydrogens is 845 g/mol. The molecule has 0 unspecified atom stereocenters. The molecule has 18 nitrogen and oxygen atoms in total. The third-order valence-corrected chi connectivity index (χ3v) is 14.7. The second-order valence-electron chi connectivity index (χ2n) is 20.5. The van der Waals surface area contributed by atoms with Crippen LogP contribution in [0.2, 0.25) is 0 Å². The summed E-state index contributed by atoms with van der Waals surface area (Å²) in [4.78, 5) is 31.4. The smallest absolute Gasteiger partial charge is 0.311 e. The van der Waals surface area contributed by atoms with Crippen molar-refractivity contribution in [3.63, 3.8) is 0 Å². The molecule has 0 radical (unpaired) electrons. The van der Waals surface area contributed by atoms with E-state index in [0.717, 1.165) is 0 Å². The van der Waals surface area contributed by atoms with Crippen molar-refractivity contribution in [2.45, 2.75) is 204 Å². The Morgan fingerprint density at radius 2 is 1.66 bits per heavy atom. The maximum Gasteiger partial charge on any atom is 0.311 e. The van der Waals surface area contributed by atoms with E-state index < -0.39 is 120 Å². The molecule has 0 saturated carbocycles. The molecule has 4 heterocycles. The lowest BCUT2D eigenvalue weighted by atomic mass is 9.77. The van der Waals surface area contributed by atoms with Crippen molar-refractivity contribution < 1.29 is 68.6 Å². The molecule has 7 N–H and O–H groups in total. The van der Waals surface area contributed by atoms with Crippen LogP contribution < -0.4 is 5.32 Å². The van der Waals surface area contributed by atoms with Crippen LogP contribution in [0.25, 0.3) is 0 Å². The highest BCUT2D eigenvalue weighted by molar-refractivity contribution is 5.93. The number of ether oxygens (including phenoxy) is 6. The number of aromatic nitrogens is 1. The number of nitrogens with zero attached hydrogens (tertiary/aromatic N) is 3. The van der Waals surface area contributed by atoms with Crippen LogP contribution in [0, 0.1) is 17.8 Å². The van der Waals surface area contributed by atoms with Crippen molar-refractivity contribution in [2.75, 3.05) is 34.3 Å². The third-order valence-electron chi connectivity index (χ3n) is 14.7. The largest absolute Gasteiger partial charge is 0.459 e. The Morgan fingerprint density at radius 3 is 2.23 bits per heavy atom. The fourth-order valence-corrected chi connectivity index (χ4v) is 10.4. The second-order valence-corrected chi connectivity index (χ2v) is 20.5. The molecule has 20 atom stereocenters. The number of methoxy groups -OCH3 is 1. The first-order chi connectivity index (χ1) is 30.1. The Bertz CT molecular complexity index is 1680. The van der Waals surface area contributed by atoms with E-state index in [1.807, 2.05) is 30.7 Å². The van der Waals surface area contributed by atoms with Gasteiger partial charge in [0.1, 0.15) is 35.7 Å². The van der Waals surface area contributed by atoms with Crippen LogP contribution in [0.4, 0.5) is 0 Å². The van der Waals surface area contributed by atoms with Crippen molar-refractivity contribution in [1.82, 2.24) is 19.7 Å². The molecule has 0 spiro atoms. The van der Waals surface area contributed by atoms with Crippen LogP contribution >= 0.6 is 0 Å². The molecule has 1 aromatic rings. The fourth-order valence-electron chi connectivity index (χ4n) is 10.4. The van der Waals surface area contributed by atoms with Gasteiger partial charge in [0.25, 0.3) is 5.91 Å². The number of aryl methyl sites for hydroxylation is 1. The number of hydrogen-bond acceptors (Lipinski definition) is 16. The Morgan fingerprint density at radius 1 is 1.02 bits per heavy atom. The Labute approximate surface area is 386 Å². The number of cyclic esters (lactones) is 1. The summed E-state index contributed by atoms with van der Waals surface area (Å²) in [5, 5.41) is 73.2. The summed E-state index contributed by atoms with van der Waals surface area (Å²) < 4.78 is 39.8. The standard InChI is InChI=1S/C47H84N4O14/c1-16-35-47(11,59)39(54)29(6)50(13)23-25(2)21-45(9,58)41(27(4)38(28(5)43(57)63-35)64-36-22-46(10,60-15)40(55)31(8)62-36)65-44-37(53)34(20-26(3)61-44)51(14)24-32(30(7)52)48-42(56)33-18-17-19-49(33)12/h17-19,25-32,34-41,44,52-55,58-59H,16,20-24H2,1-15H3,(H,48,56)/t25-,26-,27+,28-,29-,30+,31+,32+,34+,35-,36+,37-,38+,39-,40+,41-,44+,45-,46-,47-/m1/s1. The summed E-state index contributed by atoms with van der Waals surface area (Å²) in [5.41, 5.74) is -4.18. The number of carbonyl (C=O) groups excluding carboxylic acids is 2. The lowest BCUT2D eigenvalue weighted by Crippen LogP contribution is -2.61. The zero-order valence-electron chi connectivity index (χ0n) is 41.6. The van der Waals surface area contributed by atoms with Crippen LogP contribution in [-0.2, 0) is 40.3 Å². The van der Waals surface area contributed by atoms with E-state index in [4.69, 9.17) is 28.4 Å². The minimum absolute atomic E-state index is 0.0801. The first kappa shape index (κ1) is 55.3. The molecule has 65 heavy (non-hydrogen) atoms. The van der Waals surface area contributed by atoms with Crippen LogP contribution in [0.15, 0.2) is 18.3 Å². The Hall–Kier alpha value is -2.30. The molecule has 18 heteroatoms. The molecule has 3 aliphatic heterocycles. The average molecular weight is 929 g/mol. The van der Waals surface area contributed by atoms with Crippen LogP contribution in [0.5, 0.6) is 0 Å². The van der Waals surface area contributed by atoms with E-state index in [9.17, 15) is 40.2 Å². The van der Waals surface area contributed by atoms with Gasteiger partial charge in [-0.3, -0.25) is 14.5 Å². The lowest BCUT2D eigenvalue weighted by molar-refractivity contribution is -0.318. The van der Waals surface area contributed by atoms with Gasteiger partial charge in [-0.2, -0.15) is 0 Å². The number of esters is 1. The van der Waals surface area contributed by atoms with Crippen molar-refractivity contribution in [3.8, 4) is 0 Å². The normalized spacial score (nSPS) is 43.0. The average Bonchev–Trinajstić information content (AvgIpc) is 3.67. The van der Waals surface area contributed by atoms with Gasteiger partial charge in [0.15, 0.2) is 12.6 Å². The highest BCUT2D eigenvalue weighted by Crippen LogP contribution is 2.40.